The Bertz CT molecular complexity index is 741. The highest BCUT2D eigenvalue weighted by Crippen LogP contribution is 2.46. The maximum Gasteiger partial charge on any atom is 0.306 e. The van der Waals surface area contributed by atoms with Gasteiger partial charge < -0.3 is 5.11 Å². The number of aryl methyl sites for hydroxylation is 1. The Morgan fingerprint density at radius 3 is 2.07 bits per heavy atom. The summed E-state index contributed by atoms with van der Waals surface area (Å²) >= 11 is 6.11. The molecule has 0 unspecified atom stereocenters. The molecule has 0 aromatic heterocycles. The molecule has 2 aromatic carbocycles. The molecule has 0 heterocycles. The van der Waals surface area contributed by atoms with Gasteiger partial charge in [0.2, 0.25) is 0 Å². The van der Waals surface area contributed by atoms with Crippen LogP contribution >= 0.6 is 11.6 Å². The van der Waals surface area contributed by atoms with E-state index in [4.69, 9.17) is 11.6 Å². The van der Waals surface area contributed by atoms with E-state index in [2.05, 4.69) is 43.3 Å². The van der Waals surface area contributed by atoms with Gasteiger partial charge in [0.05, 0.1) is 5.92 Å². The van der Waals surface area contributed by atoms with E-state index in [-0.39, 0.29) is 11.3 Å². The Hall–Kier alpha value is -1.80. The molecule has 2 nitrogen and oxygen atoms in total. The standard InChI is InChI=1S/C24H29ClO2/c1-2-3-4-5-18-6-8-20(9-7-18)24(21-10-12-22(25)13-11-21)16-14-19(15-17-24)23(26)27/h6-13,19H,2-5,14-17H2,1H3,(H,26,27). The molecular weight excluding hydrogens is 356 g/mol. The fourth-order valence-corrected chi connectivity index (χ4v) is 4.57. The lowest BCUT2D eigenvalue weighted by Crippen LogP contribution is -2.35. The number of hydrogen-bond donors (Lipinski definition) is 1. The van der Waals surface area contributed by atoms with Crippen molar-refractivity contribution in [2.45, 2.75) is 63.7 Å². The third kappa shape index (κ3) is 4.55. The fourth-order valence-electron chi connectivity index (χ4n) is 4.44. The normalized spacial score (nSPS) is 22.5. The highest BCUT2D eigenvalue weighted by atomic mass is 35.5. The number of aliphatic carboxylic acids is 1. The third-order valence-electron chi connectivity index (χ3n) is 6.16. The van der Waals surface area contributed by atoms with Crippen molar-refractivity contribution in [1.29, 1.82) is 0 Å². The van der Waals surface area contributed by atoms with Crippen LogP contribution < -0.4 is 0 Å². The van der Waals surface area contributed by atoms with Gasteiger partial charge in [0, 0.05) is 10.4 Å². The maximum absolute atomic E-state index is 11.4. The summed E-state index contributed by atoms with van der Waals surface area (Å²) in [5.74, 6) is -0.885. The molecule has 0 saturated heterocycles. The molecule has 1 saturated carbocycles. The predicted molar refractivity (Wildman–Crippen MR) is 111 cm³/mol. The summed E-state index contributed by atoms with van der Waals surface area (Å²) in [6, 6.07) is 17.1. The molecule has 0 amide bonds. The minimum atomic E-state index is -0.661. The van der Waals surface area contributed by atoms with E-state index in [0.717, 1.165) is 37.1 Å². The van der Waals surface area contributed by atoms with Gasteiger partial charge in [-0.2, -0.15) is 0 Å². The molecule has 2 aromatic rings. The molecule has 1 aliphatic carbocycles. The Morgan fingerprint density at radius 1 is 1.00 bits per heavy atom. The fraction of sp³-hybridized carbons (Fsp3) is 0.458. The summed E-state index contributed by atoms with van der Waals surface area (Å²) in [6.07, 6.45) is 8.03. The number of halogens is 1. The van der Waals surface area contributed by atoms with Crippen LogP contribution in [0.15, 0.2) is 48.5 Å². The van der Waals surface area contributed by atoms with Crippen LogP contribution in [0.25, 0.3) is 0 Å². The van der Waals surface area contributed by atoms with E-state index < -0.39 is 5.97 Å². The van der Waals surface area contributed by atoms with Crippen LogP contribution in [0.3, 0.4) is 0 Å². The van der Waals surface area contributed by atoms with Crippen molar-refractivity contribution in [3.8, 4) is 0 Å². The molecular formula is C24H29ClO2. The smallest absolute Gasteiger partial charge is 0.306 e. The second kappa shape index (κ2) is 8.93. The first-order chi connectivity index (χ1) is 13.0. The highest BCUT2D eigenvalue weighted by Gasteiger charge is 2.40. The molecule has 0 spiro atoms. The largest absolute Gasteiger partial charge is 0.481 e. The minimum Gasteiger partial charge on any atom is -0.481 e. The second-order valence-electron chi connectivity index (χ2n) is 7.86. The lowest BCUT2D eigenvalue weighted by atomic mass is 9.63. The van der Waals surface area contributed by atoms with Crippen molar-refractivity contribution in [2.24, 2.45) is 5.92 Å². The number of benzene rings is 2. The van der Waals surface area contributed by atoms with E-state index >= 15 is 0 Å². The summed E-state index contributed by atoms with van der Waals surface area (Å²) in [5.41, 5.74) is 3.82. The van der Waals surface area contributed by atoms with Crippen molar-refractivity contribution in [2.75, 3.05) is 0 Å². The van der Waals surface area contributed by atoms with E-state index in [1.807, 2.05) is 12.1 Å². The van der Waals surface area contributed by atoms with Gasteiger partial charge >= 0.3 is 5.97 Å². The van der Waals surface area contributed by atoms with E-state index in [1.54, 1.807) is 0 Å². The Labute approximate surface area is 167 Å². The SMILES string of the molecule is CCCCCc1ccc(C2(c3ccc(Cl)cc3)CCC(C(=O)O)CC2)cc1. The zero-order valence-electron chi connectivity index (χ0n) is 16.1. The first-order valence-corrected chi connectivity index (χ1v) is 10.5. The number of carbonyl (C=O) groups is 1. The van der Waals surface area contributed by atoms with Gasteiger partial charge in [-0.05, 0) is 67.3 Å². The number of unbranched alkanes of at least 4 members (excludes halogenated alkanes) is 2. The van der Waals surface area contributed by atoms with Gasteiger partial charge in [-0.15, -0.1) is 0 Å². The Balaban J connectivity index is 1.88. The molecule has 0 atom stereocenters. The molecule has 27 heavy (non-hydrogen) atoms. The lowest BCUT2D eigenvalue weighted by Gasteiger charge is -2.40. The van der Waals surface area contributed by atoms with Gasteiger partial charge in [-0.25, -0.2) is 0 Å². The van der Waals surface area contributed by atoms with Crippen molar-refractivity contribution in [3.63, 3.8) is 0 Å². The molecule has 3 heteroatoms. The van der Waals surface area contributed by atoms with E-state index in [9.17, 15) is 9.90 Å². The zero-order chi connectivity index (χ0) is 19.3. The minimum absolute atomic E-state index is 0.113. The van der Waals surface area contributed by atoms with Gasteiger partial charge in [-0.3, -0.25) is 4.79 Å². The average molecular weight is 385 g/mol. The first-order valence-electron chi connectivity index (χ1n) is 10.1. The average Bonchev–Trinajstić information content (AvgIpc) is 2.69. The Morgan fingerprint density at radius 2 is 1.56 bits per heavy atom. The summed E-state index contributed by atoms with van der Waals surface area (Å²) < 4.78 is 0. The molecule has 1 aliphatic rings. The topological polar surface area (TPSA) is 37.3 Å². The predicted octanol–water partition coefficient (Wildman–Crippen LogP) is 6.63. The number of rotatable bonds is 7. The molecule has 0 aliphatic heterocycles. The molecule has 0 bridgehead atoms. The van der Waals surface area contributed by atoms with Crippen LogP contribution in [-0.4, -0.2) is 11.1 Å². The number of hydrogen-bond acceptors (Lipinski definition) is 1. The number of carboxylic acid groups (broad SMARTS) is 1. The van der Waals surface area contributed by atoms with Crippen molar-refractivity contribution < 1.29 is 9.90 Å². The lowest BCUT2D eigenvalue weighted by molar-refractivity contribution is -0.143. The van der Waals surface area contributed by atoms with Crippen LogP contribution in [0.5, 0.6) is 0 Å². The molecule has 0 radical (unpaired) electrons. The van der Waals surface area contributed by atoms with Gasteiger partial charge in [0.25, 0.3) is 0 Å². The summed E-state index contributed by atoms with van der Waals surface area (Å²) in [5, 5.41) is 10.1. The van der Waals surface area contributed by atoms with Crippen LogP contribution in [0.4, 0.5) is 0 Å². The van der Waals surface area contributed by atoms with Crippen LogP contribution in [0.1, 0.15) is 68.6 Å². The molecule has 1 N–H and O–H groups in total. The van der Waals surface area contributed by atoms with Crippen molar-refractivity contribution >= 4 is 17.6 Å². The van der Waals surface area contributed by atoms with Gasteiger partial charge in [-0.1, -0.05) is 67.8 Å². The first kappa shape index (κ1) is 19.9. The second-order valence-corrected chi connectivity index (χ2v) is 8.29. The monoisotopic (exact) mass is 384 g/mol. The molecule has 3 rings (SSSR count). The molecule has 1 fully saturated rings. The zero-order valence-corrected chi connectivity index (χ0v) is 16.8. The van der Waals surface area contributed by atoms with Crippen LogP contribution in [-0.2, 0) is 16.6 Å². The van der Waals surface area contributed by atoms with E-state index in [1.165, 1.54) is 36.0 Å². The molecule has 144 valence electrons. The van der Waals surface area contributed by atoms with Crippen molar-refractivity contribution in [3.05, 3.63) is 70.2 Å². The van der Waals surface area contributed by atoms with Crippen LogP contribution in [0.2, 0.25) is 5.02 Å². The third-order valence-corrected chi connectivity index (χ3v) is 6.41. The number of carboxylic acids is 1. The van der Waals surface area contributed by atoms with Crippen molar-refractivity contribution in [1.82, 2.24) is 0 Å². The van der Waals surface area contributed by atoms with Gasteiger partial charge in [0.15, 0.2) is 0 Å². The maximum atomic E-state index is 11.4. The summed E-state index contributed by atoms with van der Waals surface area (Å²) in [4.78, 5) is 11.4. The Kier molecular flexibility index (Phi) is 6.59. The summed E-state index contributed by atoms with van der Waals surface area (Å²) in [7, 11) is 0. The summed E-state index contributed by atoms with van der Waals surface area (Å²) in [6.45, 7) is 2.23. The van der Waals surface area contributed by atoms with E-state index in [0.29, 0.717) is 0 Å². The highest BCUT2D eigenvalue weighted by molar-refractivity contribution is 6.30. The van der Waals surface area contributed by atoms with Gasteiger partial charge in [0.1, 0.15) is 0 Å². The quantitative estimate of drug-likeness (QED) is 0.543. The van der Waals surface area contributed by atoms with Crippen LogP contribution in [0, 0.1) is 5.92 Å².